The summed E-state index contributed by atoms with van der Waals surface area (Å²) in [5.41, 5.74) is 0. The van der Waals surface area contributed by atoms with Crippen LogP contribution in [0.1, 0.15) is 6.42 Å². The van der Waals surface area contributed by atoms with Gasteiger partial charge in [0.1, 0.15) is 0 Å². The minimum atomic E-state index is -4.79. The van der Waals surface area contributed by atoms with E-state index in [9.17, 15) is 18.0 Å². The van der Waals surface area contributed by atoms with E-state index < -0.39 is 18.2 Å². The van der Waals surface area contributed by atoms with Gasteiger partial charge in [0.15, 0.2) is 11.5 Å². The minimum Gasteiger partial charge on any atom is -0.490 e. The van der Waals surface area contributed by atoms with Crippen molar-refractivity contribution in [2.24, 2.45) is 0 Å². The van der Waals surface area contributed by atoms with Crippen LogP contribution in [0.25, 0.3) is 0 Å². The average Bonchev–Trinajstić information content (AvgIpc) is 2.48. The van der Waals surface area contributed by atoms with Crippen molar-refractivity contribution < 1.29 is 32.5 Å². The Bertz CT molecular complexity index is 545. The molecule has 6 nitrogen and oxygen atoms in total. The molecule has 1 aliphatic heterocycles. The molecule has 136 valence electrons. The van der Waals surface area contributed by atoms with Crippen molar-refractivity contribution in [2.45, 2.75) is 18.8 Å². The molecule has 0 bridgehead atoms. The second-order valence-corrected chi connectivity index (χ2v) is 5.01. The second-order valence-electron chi connectivity index (χ2n) is 5.01. The van der Waals surface area contributed by atoms with E-state index in [-0.39, 0.29) is 30.8 Å². The number of rotatable bonds is 5. The van der Waals surface area contributed by atoms with Crippen LogP contribution < -0.4 is 14.8 Å². The lowest BCUT2D eigenvalue weighted by atomic mass is 10.1. The van der Waals surface area contributed by atoms with E-state index in [4.69, 9.17) is 9.84 Å². The Morgan fingerprint density at radius 3 is 2.62 bits per heavy atom. The summed E-state index contributed by atoms with van der Waals surface area (Å²) in [6.45, 7) is 1.41. The molecular formula is C14H18ClF3N2O4. The number of nitrogens with zero attached hydrogens (tertiary/aromatic N) is 1. The van der Waals surface area contributed by atoms with Crippen molar-refractivity contribution in [2.75, 3.05) is 26.2 Å². The maximum absolute atomic E-state index is 12.3. The molecule has 0 spiro atoms. The summed E-state index contributed by atoms with van der Waals surface area (Å²) < 4.78 is 46.2. The Labute approximate surface area is 142 Å². The highest BCUT2D eigenvalue weighted by molar-refractivity contribution is 5.85. The summed E-state index contributed by atoms with van der Waals surface area (Å²) in [5.74, 6) is -0.403. The first-order valence-corrected chi connectivity index (χ1v) is 7.04. The number of hydrogen-bond acceptors (Lipinski definition) is 4. The molecule has 0 unspecified atom stereocenters. The fraction of sp³-hybridized carbons (Fsp3) is 0.500. The maximum atomic E-state index is 12.3. The Balaban J connectivity index is 0.00000288. The predicted molar refractivity (Wildman–Crippen MR) is 81.9 cm³/mol. The Hall–Kier alpha value is -1.87. The fourth-order valence-corrected chi connectivity index (χ4v) is 2.28. The first-order valence-electron chi connectivity index (χ1n) is 7.04. The predicted octanol–water partition coefficient (Wildman–Crippen LogP) is 2.73. The number of alkyl halides is 3. The number of benzene rings is 1. The number of para-hydroxylation sites is 2. The van der Waals surface area contributed by atoms with Crippen LogP contribution in [0.4, 0.5) is 18.0 Å². The summed E-state index contributed by atoms with van der Waals surface area (Å²) in [6, 6.07) is 5.42. The average molecular weight is 371 g/mol. The smallest absolute Gasteiger partial charge is 0.490 e. The highest BCUT2D eigenvalue weighted by Gasteiger charge is 2.32. The molecule has 1 atom stereocenters. The van der Waals surface area contributed by atoms with Gasteiger partial charge >= 0.3 is 12.5 Å². The van der Waals surface area contributed by atoms with Gasteiger partial charge < -0.3 is 24.8 Å². The Morgan fingerprint density at radius 2 is 2.00 bits per heavy atom. The minimum absolute atomic E-state index is 0. The molecule has 2 N–H and O–H groups in total. The van der Waals surface area contributed by atoms with Crippen molar-refractivity contribution in [1.82, 2.24) is 10.2 Å². The van der Waals surface area contributed by atoms with E-state index in [1.54, 1.807) is 6.07 Å². The molecule has 1 saturated heterocycles. The van der Waals surface area contributed by atoms with Gasteiger partial charge in [-0.05, 0) is 18.6 Å². The zero-order chi connectivity index (χ0) is 16.9. The van der Waals surface area contributed by atoms with Gasteiger partial charge in [-0.15, -0.1) is 25.6 Å². The van der Waals surface area contributed by atoms with Crippen molar-refractivity contribution in [3.8, 4) is 11.5 Å². The topological polar surface area (TPSA) is 71.0 Å². The Morgan fingerprint density at radius 1 is 1.33 bits per heavy atom. The molecule has 0 aliphatic carbocycles. The highest BCUT2D eigenvalue weighted by Crippen LogP contribution is 2.31. The molecule has 1 aromatic carbocycles. The molecule has 0 radical (unpaired) electrons. The summed E-state index contributed by atoms with van der Waals surface area (Å²) in [5, 5.41) is 12.1. The van der Waals surface area contributed by atoms with Crippen LogP contribution in [-0.2, 0) is 0 Å². The Kier molecular flexibility index (Phi) is 7.43. The first-order chi connectivity index (χ1) is 10.8. The lowest BCUT2D eigenvalue weighted by Gasteiger charge is -2.31. The summed E-state index contributed by atoms with van der Waals surface area (Å²) in [7, 11) is 0. The van der Waals surface area contributed by atoms with E-state index >= 15 is 0 Å². The van der Waals surface area contributed by atoms with Gasteiger partial charge in [0.25, 0.3) is 0 Å². The molecule has 1 aliphatic rings. The third-order valence-electron chi connectivity index (χ3n) is 3.32. The zero-order valence-electron chi connectivity index (χ0n) is 12.6. The van der Waals surface area contributed by atoms with E-state index in [1.807, 2.05) is 0 Å². The number of carboxylic acid groups (broad SMARTS) is 1. The summed E-state index contributed by atoms with van der Waals surface area (Å²) in [4.78, 5) is 12.2. The molecule has 0 aromatic heterocycles. The van der Waals surface area contributed by atoms with E-state index in [2.05, 4.69) is 10.1 Å². The van der Waals surface area contributed by atoms with Crippen LogP contribution in [0.2, 0.25) is 0 Å². The number of ether oxygens (including phenoxy) is 2. The van der Waals surface area contributed by atoms with Crippen LogP contribution in [0.5, 0.6) is 11.5 Å². The molecule has 24 heavy (non-hydrogen) atoms. The van der Waals surface area contributed by atoms with Crippen LogP contribution in [-0.4, -0.2) is 54.7 Å². The standard InChI is InChI=1S/C14H17F3N2O4.ClH/c15-14(16,17)23-12-4-2-1-3-11(12)22-8-5-10-9-19(13(20)21)7-6-18-10;/h1-4,10,18H,5-9H2,(H,20,21);1H/t10-;/m1./s1. The number of piperazine rings is 1. The second kappa shape index (κ2) is 8.84. The van der Waals surface area contributed by atoms with Crippen molar-refractivity contribution >= 4 is 18.5 Å². The van der Waals surface area contributed by atoms with E-state index in [0.29, 0.717) is 26.1 Å². The molecule has 1 aromatic rings. The van der Waals surface area contributed by atoms with Crippen LogP contribution in [0.15, 0.2) is 24.3 Å². The molecule has 1 fully saturated rings. The highest BCUT2D eigenvalue weighted by atomic mass is 35.5. The number of halogens is 4. The zero-order valence-corrected chi connectivity index (χ0v) is 13.4. The first kappa shape index (κ1) is 20.2. The molecule has 1 amide bonds. The van der Waals surface area contributed by atoms with E-state index in [1.165, 1.54) is 23.1 Å². The number of hydrogen-bond donors (Lipinski definition) is 2. The third kappa shape index (κ3) is 6.32. The van der Waals surface area contributed by atoms with Gasteiger partial charge in [-0.3, -0.25) is 0 Å². The van der Waals surface area contributed by atoms with E-state index in [0.717, 1.165) is 0 Å². The van der Waals surface area contributed by atoms with Gasteiger partial charge in [-0.25, -0.2) is 4.79 Å². The van der Waals surface area contributed by atoms with Crippen molar-refractivity contribution in [3.05, 3.63) is 24.3 Å². The lowest BCUT2D eigenvalue weighted by molar-refractivity contribution is -0.275. The normalized spacial score (nSPS) is 17.8. The van der Waals surface area contributed by atoms with Crippen LogP contribution in [0, 0.1) is 0 Å². The SMILES string of the molecule is Cl.O=C(O)N1CCN[C@H](CCOc2ccccc2OC(F)(F)F)C1. The lowest BCUT2D eigenvalue weighted by Crippen LogP contribution is -2.52. The molecule has 0 saturated carbocycles. The molecular weight excluding hydrogens is 353 g/mol. The van der Waals surface area contributed by atoms with Gasteiger partial charge in [-0.1, -0.05) is 12.1 Å². The number of amides is 1. The van der Waals surface area contributed by atoms with Gasteiger partial charge in [0.2, 0.25) is 0 Å². The molecule has 1 heterocycles. The van der Waals surface area contributed by atoms with Crippen molar-refractivity contribution in [1.29, 1.82) is 0 Å². The maximum Gasteiger partial charge on any atom is 0.573 e. The van der Waals surface area contributed by atoms with Gasteiger partial charge in [0.05, 0.1) is 6.61 Å². The van der Waals surface area contributed by atoms with Gasteiger partial charge in [-0.2, -0.15) is 0 Å². The van der Waals surface area contributed by atoms with Crippen molar-refractivity contribution in [3.63, 3.8) is 0 Å². The fourth-order valence-electron chi connectivity index (χ4n) is 2.28. The summed E-state index contributed by atoms with van der Waals surface area (Å²) >= 11 is 0. The summed E-state index contributed by atoms with van der Waals surface area (Å²) in [6.07, 6.45) is -5.31. The quantitative estimate of drug-likeness (QED) is 0.834. The number of carbonyl (C=O) groups is 1. The third-order valence-corrected chi connectivity index (χ3v) is 3.32. The largest absolute Gasteiger partial charge is 0.573 e. The number of nitrogens with one attached hydrogen (secondary N) is 1. The van der Waals surface area contributed by atoms with Gasteiger partial charge in [0, 0.05) is 25.7 Å². The monoisotopic (exact) mass is 370 g/mol. The van der Waals surface area contributed by atoms with Crippen LogP contribution in [0.3, 0.4) is 0 Å². The molecule has 10 heteroatoms. The van der Waals surface area contributed by atoms with Crippen LogP contribution >= 0.6 is 12.4 Å². The molecule has 2 rings (SSSR count).